The third-order valence-electron chi connectivity index (χ3n) is 3.26. The number of allylic oxidation sites excluding steroid dienone is 1. The average Bonchev–Trinajstić information content (AvgIpc) is 2.64. The van der Waals surface area contributed by atoms with Crippen molar-refractivity contribution >= 4 is 17.5 Å². The molecule has 4 heteroatoms. The highest BCUT2D eigenvalue weighted by Gasteiger charge is 2.32. The normalized spacial score (nSPS) is 14.3. The highest BCUT2D eigenvalue weighted by molar-refractivity contribution is 6.31. The van der Waals surface area contributed by atoms with Gasteiger partial charge in [-0.1, -0.05) is 17.7 Å². The predicted molar refractivity (Wildman–Crippen MR) is 82.4 cm³/mol. The molecule has 110 valence electrons. The zero-order valence-corrected chi connectivity index (χ0v) is 12.8. The van der Waals surface area contributed by atoms with Crippen LogP contribution in [-0.2, 0) is 9.59 Å². The number of imide groups is 1. The number of anilines is 1. The molecule has 0 aliphatic carbocycles. The van der Waals surface area contributed by atoms with Crippen molar-refractivity contribution in [1.29, 1.82) is 0 Å². The second kappa shape index (κ2) is 5.95. The smallest absolute Gasteiger partial charge is 0.261 e. The van der Waals surface area contributed by atoms with Crippen molar-refractivity contribution in [3.05, 3.63) is 47.1 Å². The summed E-state index contributed by atoms with van der Waals surface area (Å²) >= 11 is 0. The van der Waals surface area contributed by atoms with Crippen LogP contribution in [0.4, 0.5) is 5.69 Å². The quantitative estimate of drug-likeness (QED) is 0.630. The molecule has 0 saturated heterocycles. The number of hydrogen-bond acceptors (Lipinski definition) is 3. The Kier molecular flexibility index (Phi) is 4.26. The number of nitrogens with zero attached hydrogens (tertiary/aromatic N) is 1. The van der Waals surface area contributed by atoms with Gasteiger partial charge in [-0.2, -0.15) is 0 Å². The number of para-hydroxylation sites is 1. The molecule has 0 spiro atoms. The van der Waals surface area contributed by atoms with Crippen LogP contribution in [0.5, 0.6) is 5.75 Å². The van der Waals surface area contributed by atoms with Gasteiger partial charge in [0.05, 0.1) is 5.69 Å². The second-order valence-corrected chi connectivity index (χ2v) is 5.32. The fourth-order valence-electron chi connectivity index (χ4n) is 2.13. The first-order valence-electron chi connectivity index (χ1n) is 6.84. The molecular weight excluding hydrogens is 266 g/mol. The first kappa shape index (κ1) is 15.0. The van der Waals surface area contributed by atoms with Crippen molar-refractivity contribution in [3.8, 4) is 5.75 Å². The molecule has 1 aliphatic heterocycles. The van der Waals surface area contributed by atoms with Gasteiger partial charge in [0, 0.05) is 11.6 Å². The Labute approximate surface area is 124 Å². The zero-order chi connectivity index (χ0) is 15.6. The van der Waals surface area contributed by atoms with E-state index in [0.29, 0.717) is 23.6 Å². The van der Waals surface area contributed by atoms with E-state index in [-0.39, 0.29) is 11.8 Å². The van der Waals surface area contributed by atoms with E-state index >= 15 is 0 Å². The molecule has 1 aromatic rings. The number of rotatable bonds is 4. The number of carbonyl (C=O) groups is 2. The van der Waals surface area contributed by atoms with Gasteiger partial charge in [-0.3, -0.25) is 9.59 Å². The molecule has 4 nitrogen and oxygen atoms in total. The van der Waals surface area contributed by atoms with E-state index in [1.165, 1.54) is 11.0 Å². The Morgan fingerprint density at radius 2 is 1.95 bits per heavy atom. The Balaban J connectivity index is 2.37. The third-order valence-corrected chi connectivity index (χ3v) is 3.26. The van der Waals surface area contributed by atoms with Gasteiger partial charge in [-0.25, -0.2) is 4.90 Å². The van der Waals surface area contributed by atoms with Crippen LogP contribution in [0.25, 0.3) is 0 Å². The maximum atomic E-state index is 12.2. The van der Waals surface area contributed by atoms with Gasteiger partial charge in [0.25, 0.3) is 11.8 Å². The summed E-state index contributed by atoms with van der Waals surface area (Å²) in [6.07, 6.45) is 3.30. The molecule has 1 aromatic carbocycles. The minimum atomic E-state index is -0.320. The molecule has 2 amide bonds. The standard InChI is InChI=1S/C17H19NO3/c1-11(2)8-9-21-14-7-5-6-12(3)16(14)18-15(19)10-13(4)17(18)20/h5-8,10H,9H2,1-4H3. The lowest BCUT2D eigenvalue weighted by molar-refractivity contribution is -0.120. The number of ether oxygens (including phenoxy) is 1. The number of amides is 2. The van der Waals surface area contributed by atoms with Gasteiger partial charge in [-0.15, -0.1) is 0 Å². The van der Waals surface area contributed by atoms with E-state index < -0.39 is 0 Å². The van der Waals surface area contributed by atoms with E-state index in [1.54, 1.807) is 13.0 Å². The van der Waals surface area contributed by atoms with Gasteiger partial charge in [0.15, 0.2) is 0 Å². The summed E-state index contributed by atoms with van der Waals surface area (Å²) in [7, 11) is 0. The van der Waals surface area contributed by atoms with E-state index in [2.05, 4.69) is 0 Å². The summed E-state index contributed by atoms with van der Waals surface area (Å²) in [5.74, 6) is -0.0717. The summed E-state index contributed by atoms with van der Waals surface area (Å²) in [5.41, 5.74) is 2.95. The first-order valence-corrected chi connectivity index (χ1v) is 6.84. The number of benzene rings is 1. The molecule has 0 aromatic heterocycles. The zero-order valence-electron chi connectivity index (χ0n) is 12.8. The number of aryl methyl sites for hydroxylation is 1. The predicted octanol–water partition coefficient (Wildman–Crippen LogP) is 3.16. The minimum Gasteiger partial charge on any atom is -0.487 e. The minimum absolute atomic E-state index is 0.290. The van der Waals surface area contributed by atoms with E-state index in [9.17, 15) is 9.59 Å². The van der Waals surface area contributed by atoms with Gasteiger partial charge in [0.2, 0.25) is 0 Å². The summed E-state index contributed by atoms with van der Waals surface area (Å²) in [4.78, 5) is 25.4. The van der Waals surface area contributed by atoms with Crippen LogP contribution < -0.4 is 9.64 Å². The van der Waals surface area contributed by atoms with Crippen molar-refractivity contribution in [1.82, 2.24) is 0 Å². The molecule has 0 N–H and O–H groups in total. The van der Waals surface area contributed by atoms with Crippen LogP contribution in [0.1, 0.15) is 26.3 Å². The molecule has 0 unspecified atom stereocenters. The fraction of sp³-hybridized carbons (Fsp3) is 0.294. The highest BCUT2D eigenvalue weighted by atomic mass is 16.5. The van der Waals surface area contributed by atoms with Crippen molar-refractivity contribution in [3.63, 3.8) is 0 Å². The molecule has 2 rings (SSSR count). The highest BCUT2D eigenvalue weighted by Crippen LogP contribution is 2.35. The van der Waals surface area contributed by atoms with Crippen LogP contribution >= 0.6 is 0 Å². The lowest BCUT2D eigenvalue weighted by Crippen LogP contribution is -2.31. The molecule has 21 heavy (non-hydrogen) atoms. The molecule has 0 fully saturated rings. The van der Waals surface area contributed by atoms with Crippen molar-refractivity contribution in [2.45, 2.75) is 27.7 Å². The fourth-order valence-corrected chi connectivity index (χ4v) is 2.13. The van der Waals surface area contributed by atoms with E-state index in [1.807, 2.05) is 39.0 Å². The Morgan fingerprint density at radius 1 is 1.24 bits per heavy atom. The number of hydrogen-bond donors (Lipinski definition) is 0. The molecule has 0 saturated carbocycles. The average molecular weight is 285 g/mol. The van der Waals surface area contributed by atoms with Crippen LogP contribution in [0.3, 0.4) is 0 Å². The van der Waals surface area contributed by atoms with Gasteiger partial charge < -0.3 is 4.74 Å². The van der Waals surface area contributed by atoms with E-state index in [0.717, 1.165) is 11.1 Å². The van der Waals surface area contributed by atoms with Gasteiger partial charge in [-0.05, 0) is 45.4 Å². The van der Waals surface area contributed by atoms with E-state index in [4.69, 9.17) is 4.74 Å². The third kappa shape index (κ3) is 3.05. The van der Waals surface area contributed by atoms with Crippen molar-refractivity contribution in [2.75, 3.05) is 11.5 Å². The first-order chi connectivity index (χ1) is 9.91. The number of carbonyl (C=O) groups excluding carboxylic acids is 2. The largest absolute Gasteiger partial charge is 0.487 e. The lowest BCUT2D eigenvalue weighted by atomic mass is 10.1. The van der Waals surface area contributed by atoms with Crippen LogP contribution in [0, 0.1) is 6.92 Å². The van der Waals surface area contributed by atoms with Crippen molar-refractivity contribution in [2.24, 2.45) is 0 Å². The maximum Gasteiger partial charge on any atom is 0.261 e. The van der Waals surface area contributed by atoms with Gasteiger partial charge >= 0.3 is 0 Å². The summed E-state index contributed by atoms with van der Waals surface area (Å²) in [6, 6.07) is 5.48. The van der Waals surface area contributed by atoms with Crippen LogP contribution in [-0.4, -0.2) is 18.4 Å². The Hall–Kier alpha value is -2.36. The van der Waals surface area contributed by atoms with Crippen LogP contribution in [0.2, 0.25) is 0 Å². The molecular formula is C17H19NO3. The molecule has 1 aliphatic rings. The summed E-state index contributed by atoms with van der Waals surface area (Å²) in [5, 5.41) is 0. The molecule has 0 atom stereocenters. The summed E-state index contributed by atoms with van der Waals surface area (Å²) in [6.45, 7) is 7.88. The summed E-state index contributed by atoms with van der Waals surface area (Å²) < 4.78 is 5.73. The second-order valence-electron chi connectivity index (χ2n) is 5.32. The van der Waals surface area contributed by atoms with Crippen LogP contribution in [0.15, 0.2) is 41.5 Å². The maximum absolute atomic E-state index is 12.2. The monoisotopic (exact) mass is 285 g/mol. The Morgan fingerprint density at radius 3 is 2.52 bits per heavy atom. The topological polar surface area (TPSA) is 46.6 Å². The SMILES string of the molecule is CC(C)=CCOc1cccc(C)c1N1C(=O)C=C(C)C1=O. The lowest BCUT2D eigenvalue weighted by Gasteiger charge is -2.20. The Bertz CT molecular complexity index is 652. The molecule has 0 bridgehead atoms. The van der Waals surface area contributed by atoms with Gasteiger partial charge in [0.1, 0.15) is 12.4 Å². The molecule has 1 heterocycles. The van der Waals surface area contributed by atoms with Crippen molar-refractivity contribution < 1.29 is 14.3 Å². The molecule has 0 radical (unpaired) electrons.